The van der Waals surface area contributed by atoms with Gasteiger partial charge in [-0.05, 0) is 37.5 Å². The smallest absolute Gasteiger partial charge is 0.333 e. The molecule has 0 saturated carbocycles. The third-order valence-electron chi connectivity index (χ3n) is 3.43. The highest BCUT2D eigenvalue weighted by molar-refractivity contribution is 5.86. The van der Waals surface area contributed by atoms with E-state index in [0.717, 1.165) is 18.4 Å². The summed E-state index contributed by atoms with van der Waals surface area (Å²) in [7, 11) is 0. The van der Waals surface area contributed by atoms with Crippen LogP contribution < -0.4 is 5.73 Å². The lowest BCUT2D eigenvalue weighted by atomic mass is 10.0. The molecular weight excluding hydrogens is 256 g/mol. The largest absolute Gasteiger partial charge is 0.464 e. The zero-order valence-corrected chi connectivity index (χ0v) is 11.7. The van der Waals surface area contributed by atoms with Gasteiger partial charge in [0.1, 0.15) is 0 Å². The van der Waals surface area contributed by atoms with Crippen molar-refractivity contribution >= 4 is 17.6 Å². The summed E-state index contributed by atoms with van der Waals surface area (Å²) in [6, 6.07) is 6.35. The second kappa shape index (κ2) is 6.41. The second-order valence-corrected chi connectivity index (χ2v) is 4.87. The van der Waals surface area contributed by atoms with Gasteiger partial charge in [-0.3, -0.25) is 4.79 Å². The van der Waals surface area contributed by atoms with Gasteiger partial charge in [-0.25, -0.2) is 4.79 Å². The predicted molar refractivity (Wildman–Crippen MR) is 75.8 cm³/mol. The molecule has 5 nitrogen and oxygen atoms in total. The van der Waals surface area contributed by atoms with Crippen LogP contribution in [0.3, 0.4) is 0 Å². The van der Waals surface area contributed by atoms with Crippen LogP contribution in [-0.2, 0) is 14.3 Å². The maximum atomic E-state index is 12.2. The minimum atomic E-state index is -0.664. The van der Waals surface area contributed by atoms with Crippen LogP contribution in [0.4, 0.5) is 5.69 Å². The number of nitrogens with zero attached hydrogens (tertiary/aromatic N) is 1. The first-order valence-corrected chi connectivity index (χ1v) is 6.95. The standard InChI is InChI=1S/C15H20N2O3/c1-2-20-15(19)14(11-6-8-12(16)9-7-11)17-10-4-3-5-13(17)18/h6-9,14H,2-5,10,16H2,1H3. The maximum Gasteiger partial charge on any atom is 0.333 e. The van der Waals surface area contributed by atoms with Gasteiger partial charge in [0, 0.05) is 18.7 Å². The third-order valence-corrected chi connectivity index (χ3v) is 3.43. The van der Waals surface area contributed by atoms with Gasteiger partial charge < -0.3 is 15.4 Å². The number of ether oxygens (including phenoxy) is 1. The summed E-state index contributed by atoms with van der Waals surface area (Å²) in [5.74, 6) is -0.376. The molecule has 2 rings (SSSR count). The van der Waals surface area contributed by atoms with Crippen LogP contribution >= 0.6 is 0 Å². The Morgan fingerprint density at radius 1 is 1.35 bits per heavy atom. The molecule has 1 aliphatic heterocycles. The first-order chi connectivity index (χ1) is 9.63. The summed E-state index contributed by atoms with van der Waals surface area (Å²) >= 11 is 0. The molecule has 0 spiro atoms. The summed E-state index contributed by atoms with van der Waals surface area (Å²) in [5, 5.41) is 0. The van der Waals surface area contributed by atoms with Crippen LogP contribution in [0.1, 0.15) is 37.8 Å². The molecule has 1 unspecified atom stereocenters. The number of anilines is 1. The lowest BCUT2D eigenvalue weighted by molar-refractivity contribution is -0.156. The maximum absolute atomic E-state index is 12.2. The molecule has 1 amide bonds. The molecule has 0 bridgehead atoms. The number of hydrogen-bond acceptors (Lipinski definition) is 4. The van der Waals surface area contributed by atoms with Crippen molar-refractivity contribution in [1.29, 1.82) is 0 Å². The van der Waals surface area contributed by atoms with Gasteiger partial charge in [-0.2, -0.15) is 0 Å². The summed E-state index contributed by atoms with van der Waals surface area (Å²) in [4.78, 5) is 25.9. The van der Waals surface area contributed by atoms with E-state index in [0.29, 0.717) is 25.3 Å². The van der Waals surface area contributed by atoms with Crippen molar-refractivity contribution in [3.05, 3.63) is 29.8 Å². The number of piperidine rings is 1. The van der Waals surface area contributed by atoms with Crippen LogP contribution in [0, 0.1) is 0 Å². The van der Waals surface area contributed by atoms with Gasteiger partial charge in [-0.1, -0.05) is 12.1 Å². The average Bonchev–Trinajstić information content (AvgIpc) is 2.44. The van der Waals surface area contributed by atoms with Gasteiger partial charge in [0.05, 0.1) is 6.61 Å². The van der Waals surface area contributed by atoms with Gasteiger partial charge in [0.25, 0.3) is 0 Å². The number of rotatable bonds is 4. The highest BCUT2D eigenvalue weighted by Crippen LogP contribution is 2.27. The van der Waals surface area contributed by atoms with E-state index in [1.165, 1.54) is 0 Å². The molecular formula is C15H20N2O3. The molecule has 0 aromatic heterocycles. The summed E-state index contributed by atoms with van der Waals surface area (Å²) in [6.45, 7) is 2.65. The van der Waals surface area contributed by atoms with Crippen molar-refractivity contribution < 1.29 is 14.3 Å². The molecule has 1 atom stereocenters. The number of nitrogen functional groups attached to an aromatic ring is 1. The summed E-state index contributed by atoms with van der Waals surface area (Å²) in [5.41, 5.74) is 7.04. The molecule has 1 aromatic rings. The minimum absolute atomic E-state index is 0.00567. The first-order valence-electron chi connectivity index (χ1n) is 6.95. The van der Waals surface area contributed by atoms with E-state index < -0.39 is 6.04 Å². The van der Waals surface area contributed by atoms with E-state index >= 15 is 0 Å². The lowest BCUT2D eigenvalue weighted by Gasteiger charge is -2.33. The van der Waals surface area contributed by atoms with E-state index in [4.69, 9.17) is 10.5 Å². The van der Waals surface area contributed by atoms with E-state index in [1.54, 1.807) is 36.1 Å². The minimum Gasteiger partial charge on any atom is -0.464 e. The van der Waals surface area contributed by atoms with Gasteiger partial charge >= 0.3 is 5.97 Å². The normalized spacial score (nSPS) is 16.9. The fraction of sp³-hybridized carbons (Fsp3) is 0.467. The van der Waals surface area contributed by atoms with Crippen LogP contribution in [0.2, 0.25) is 0 Å². The van der Waals surface area contributed by atoms with Gasteiger partial charge in [0.2, 0.25) is 5.91 Å². The molecule has 1 aromatic carbocycles. The van der Waals surface area contributed by atoms with Crippen molar-refractivity contribution in [1.82, 2.24) is 4.90 Å². The lowest BCUT2D eigenvalue weighted by Crippen LogP contribution is -2.42. The predicted octanol–water partition coefficient (Wildman–Crippen LogP) is 1.89. The number of likely N-dealkylation sites (tertiary alicyclic amines) is 1. The first kappa shape index (κ1) is 14.4. The van der Waals surface area contributed by atoms with E-state index in [-0.39, 0.29) is 11.9 Å². The quantitative estimate of drug-likeness (QED) is 0.673. The number of carbonyl (C=O) groups is 2. The molecule has 0 radical (unpaired) electrons. The van der Waals surface area contributed by atoms with E-state index in [2.05, 4.69) is 0 Å². The van der Waals surface area contributed by atoms with Crippen LogP contribution in [0.15, 0.2) is 24.3 Å². The molecule has 1 aliphatic rings. The number of hydrogen-bond donors (Lipinski definition) is 1. The van der Waals surface area contributed by atoms with Crippen molar-refractivity contribution in [2.24, 2.45) is 0 Å². The monoisotopic (exact) mass is 276 g/mol. The molecule has 108 valence electrons. The van der Waals surface area contributed by atoms with E-state index in [9.17, 15) is 9.59 Å². The third kappa shape index (κ3) is 3.10. The number of carbonyl (C=O) groups excluding carboxylic acids is 2. The summed E-state index contributed by atoms with van der Waals surface area (Å²) in [6.07, 6.45) is 2.29. The fourth-order valence-corrected chi connectivity index (χ4v) is 2.44. The van der Waals surface area contributed by atoms with Crippen LogP contribution in [-0.4, -0.2) is 29.9 Å². The molecule has 5 heteroatoms. The molecule has 1 fully saturated rings. The topological polar surface area (TPSA) is 72.6 Å². The molecule has 0 aliphatic carbocycles. The van der Waals surface area contributed by atoms with Gasteiger partial charge in [0.15, 0.2) is 6.04 Å². The zero-order valence-electron chi connectivity index (χ0n) is 11.7. The Bertz CT molecular complexity index is 484. The van der Waals surface area contributed by atoms with Gasteiger partial charge in [-0.15, -0.1) is 0 Å². The Kier molecular flexibility index (Phi) is 4.61. The SMILES string of the molecule is CCOC(=O)C(c1ccc(N)cc1)N1CCCCC1=O. The Morgan fingerprint density at radius 3 is 2.65 bits per heavy atom. The molecule has 2 N–H and O–H groups in total. The number of esters is 1. The van der Waals surface area contributed by atoms with Crippen molar-refractivity contribution in [2.75, 3.05) is 18.9 Å². The Morgan fingerprint density at radius 2 is 2.05 bits per heavy atom. The highest BCUT2D eigenvalue weighted by Gasteiger charge is 2.33. The number of amides is 1. The fourth-order valence-electron chi connectivity index (χ4n) is 2.44. The van der Waals surface area contributed by atoms with Crippen LogP contribution in [0.25, 0.3) is 0 Å². The molecule has 1 saturated heterocycles. The van der Waals surface area contributed by atoms with Crippen molar-refractivity contribution in [2.45, 2.75) is 32.2 Å². The van der Waals surface area contributed by atoms with Crippen LogP contribution in [0.5, 0.6) is 0 Å². The van der Waals surface area contributed by atoms with E-state index in [1.807, 2.05) is 0 Å². The highest BCUT2D eigenvalue weighted by atomic mass is 16.5. The zero-order chi connectivity index (χ0) is 14.5. The van der Waals surface area contributed by atoms with Crippen molar-refractivity contribution in [3.63, 3.8) is 0 Å². The average molecular weight is 276 g/mol. The Labute approximate surface area is 118 Å². The Hall–Kier alpha value is -2.04. The number of benzene rings is 1. The molecule has 20 heavy (non-hydrogen) atoms. The van der Waals surface area contributed by atoms with Crippen molar-refractivity contribution in [3.8, 4) is 0 Å². The Balaban J connectivity index is 2.30. The summed E-state index contributed by atoms with van der Waals surface area (Å²) < 4.78 is 5.13. The number of nitrogens with two attached hydrogens (primary N) is 1. The second-order valence-electron chi connectivity index (χ2n) is 4.87. The molecule has 1 heterocycles.